The van der Waals surface area contributed by atoms with Gasteiger partial charge in [0.15, 0.2) is 0 Å². The van der Waals surface area contributed by atoms with E-state index in [1.165, 1.54) is 0 Å². The summed E-state index contributed by atoms with van der Waals surface area (Å²) in [5.74, 6) is 5.75. The predicted molar refractivity (Wildman–Crippen MR) is 38.5 cm³/mol. The van der Waals surface area contributed by atoms with E-state index >= 15 is 0 Å². The van der Waals surface area contributed by atoms with Crippen LogP contribution in [0.2, 0.25) is 0 Å². The monoisotopic (exact) mass is 164 g/mol. The minimum Gasteiger partial charge on any atom is -0.255 e. The van der Waals surface area contributed by atoms with Gasteiger partial charge in [0, 0.05) is 6.54 Å². The first-order valence-electron chi connectivity index (χ1n) is 3.22. The summed E-state index contributed by atoms with van der Waals surface area (Å²) in [5, 5.41) is 0. The summed E-state index contributed by atoms with van der Waals surface area (Å²) in [5.41, 5.74) is 0. The van der Waals surface area contributed by atoms with Crippen LogP contribution >= 0.6 is 0 Å². The topological polar surface area (TPSA) is 63.4 Å². The molecule has 0 amide bonds. The highest BCUT2D eigenvalue weighted by Crippen LogP contribution is 2.29. The molecule has 0 bridgehead atoms. The third-order valence-electron chi connectivity index (χ3n) is 1.56. The third-order valence-corrected chi connectivity index (χ3v) is 2.56. The molecular weight excluding hydrogens is 152 g/mol. The minimum absolute atomic E-state index is 0.485. The summed E-state index contributed by atoms with van der Waals surface area (Å²) >= 11 is 0. The van der Waals surface area contributed by atoms with E-state index in [2.05, 4.69) is 0 Å². The van der Waals surface area contributed by atoms with Gasteiger partial charge in [-0.15, -0.1) is 4.41 Å². The lowest BCUT2D eigenvalue weighted by Gasteiger charge is -2.11. The molecule has 0 radical (unpaired) electrons. The van der Waals surface area contributed by atoms with E-state index in [-0.39, 0.29) is 0 Å². The second kappa shape index (κ2) is 2.48. The van der Waals surface area contributed by atoms with Gasteiger partial charge in [-0.2, -0.15) is 0 Å². The fraction of sp³-hybridized carbons (Fsp3) is 1.00. The standard InChI is InChI=1S/C5H12N2O2S/c1-10(8,9)7(6)4-5-2-3-5/h5H,2-4,6H2,1H3. The molecule has 0 heterocycles. The quantitative estimate of drug-likeness (QED) is 0.453. The van der Waals surface area contributed by atoms with Crippen molar-refractivity contribution in [1.82, 2.24) is 4.41 Å². The van der Waals surface area contributed by atoms with E-state index in [1.54, 1.807) is 0 Å². The molecule has 0 aromatic heterocycles. The maximum absolute atomic E-state index is 10.7. The van der Waals surface area contributed by atoms with Crippen LogP contribution in [0.1, 0.15) is 12.8 Å². The summed E-state index contributed by atoms with van der Waals surface area (Å²) in [4.78, 5) is 0. The predicted octanol–water partition coefficient (Wildman–Crippen LogP) is -0.468. The van der Waals surface area contributed by atoms with E-state index in [9.17, 15) is 8.42 Å². The number of nitrogens with zero attached hydrogens (tertiary/aromatic N) is 1. The van der Waals surface area contributed by atoms with Crippen molar-refractivity contribution in [2.24, 2.45) is 11.8 Å². The van der Waals surface area contributed by atoms with E-state index in [0.717, 1.165) is 23.5 Å². The highest BCUT2D eigenvalue weighted by Gasteiger charge is 2.26. The van der Waals surface area contributed by atoms with Crippen LogP contribution in [0.15, 0.2) is 0 Å². The SMILES string of the molecule is CS(=O)(=O)N(N)CC1CC1. The second-order valence-electron chi connectivity index (χ2n) is 2.78. The summed E-state index contributed by atoms with van der Waals surface area (Å²) < 4.78 is 22.3. The number of rotatable bonds is 3. The fourth-order valence-electron chi connectivity index (χ4n) is 0.690. The number of hydrogen-bond acceptors (Lipinski definition) is 3. The molecule has 5 heteroatoms. The number of nitrogens with two attached hydrogens (primary N) is 1. The average molecular weight is 164 g/mol. The Balaban J connectivity index is 2.40. The van der Waals surface area contributed by atoms with E-state index in [1.807, 2.05) is 0 Å². The Morgan fingerprint density at radius 1 is 1.60 bits per heavy atom. The lowest BCUT2D eigenvalue weighted by Crippen LogP contribution is -2.37. The van der Waals surface area contributed by atoms with Crippen LogP contribution in [0.3, 0.4) is 0 Å². The Labute approximate surface area is 61.0 Å². The van der Waals surface area contributed by atoms with Crippen molar-refractivity contribution in [3.63, 3.8) is 0 Å². The number of hydrazine groups is 1. The van der Waals surface area contributed by atoms with Gasteiger partial charge in [0.25, 0.3) is 0 Å². The first-order valence-corrected chi connectivity index (χ1v) is 5.07. The summed E-state index contributed by atoms with van der Waals surface area (Å²) in [7, 11) is -3.15. The fourth-order valence-corrected chi connectivity index (χ4v) is 1.17. The van der Waals surface area contributed by atoms with Gasteiger partial charge in [-0.25, -0.2) is 8.42 Å². The Bertz CT molecular complexity index is 208. The molecule has 0 aromatic rings. The lowest BCUT2D eigenvalue weighted by atomic mass is 10.4. The molecule has 1 aliphatic rings. The molecular formula is C5H12N2O2S. The smallest absolute Gasteiger partial charge is 0.223 e. The van der Waals surface area contributed by atoms with Gasteiger partial charge in [0.1, 0.15) is 0 Å². The van der Waals surface area contributed by atoms with Crippen molar-refractivity contribution in [2.45, 2.75) is 12.8 Å². The molecule has 1 saturated carbocycles. The average Bonchev–Trinajstić information content (AvgIpc) is 2.47. The molecule has 1 rings (SSSR count). The second-order valence-corrected chi connectivity index (χ2v) is 4.71. The molecule has 0 unspecified atom stereocenters. The first-order chi connectivity index (χ1) is 4.50. The van der Waals surface area contributed by atoms with Crippen molar-refractivity contribution in [3.8, 4) is 0 Å². The lowest BCUT2D eigenvalue weighted by molar-refractivity contribution is 0.414. The van der Waals surface area contributed by atoms with Crippen molar-refractivity contribution >= 4 is 10.0 Å². The molecule has 1 fully saturated rings. The largest absolute Gasteiger partial charge is 0.255 e. The zero-order chi connectivity index (χ0) is 7.78. The van der Waals surface area contributed by atoms with Crippen LogP contribution in [-0.2, 0) is 10.0 Å². The normalized spacial score (nSPS) is 19.9. The third kappa shape index (κ3) is 2.24. The van der Waals surface area contributed by atoms with Crippen LogP contribution in [0.5, 0.6) is 0 Å². The van der Waals surface area contributed by atoms with Gasteiger partial charge in [0.2, 0.25) is 10.0 Å². The zero-order valence-corrected chi connectivity index (χ0v) is 6.76. The maximum Gasteiger partial charge on any atom is 0.223 e. The van der Waals surface area contributed by atoms with Crippen LogP contribution in [0.4, 0.5) is 0 Å². The number of hydrogen-bond donors (Lipinski definition) is 1. The van der Waals surface area contributed by atoms with Crippen molar-refractivity contribution < 1.29 is 8.42 Å². The highest BCUT2D eigenvalue weighted by molar-refractivity contribution is 7.88. The van der Waals surface area contributed by atoms with Gasteiger partial charge < -0.3 is 0 Å². The Kier molecular flexibility index (Phi) is 1.98. The van der Waals surface area contributed by atoms with Crippen molar-refractivity contribution in [2.75, 3.05) is 12.8 Å². The summed E-state index contributed by atoms with van der Waals surface area (Å²) in [6.07, 6.45) is 3.35. The van der Waals surface area contributed by atoms with Gasteiger partial charge in [-0.05, 0) is 18.8 Å². The van der Waals surface area contributed by atoms with Gasteiger partial charge in [-0.3, -0.25) is 5.84 Å². The minimum atomic E-state index is -3.15. The van der Waals surface area contributed by atoms with Crippen molar-refractivity contribution in [3.05, 3.63) is 0 Å². The maximum atomic E-state index is 10.7. The molecule has 1 aliphatic carbocycles. The van der Waals surface area contributed by atoms with Crippen LogP contribution in [-0.4, -0.2) is 25.6 Å². The van der Waals surface area contributed by atoms with Gasteiger partial charge in [0.05, 0.1) is 6.26 Å². The number of sulfonamides is 1. The Hall–Kier alpha value is -0.130. The van der Waals surface area contributed by atoms with Crippen LogP contribution in [0.25, 0.3) is 0 Å². The van der Waals surface area contributed by atoms with Gasteiger partial charge in [-0.1, -0.05) is 0 Å². The molecule has 0 atom stereocenters. The summed E-state index contributed by atoms with van der Waals surface area (Å²) in [6, 6.07) is 0. The molecule has 2 N–H and O–H groups in total. The zero-order valence-electron chi connectivity index (χ0n) is 5.95. The van der Waals surface area contributed by atoms with Crippen LogP contribution in [0, 0.1) is 5.92 Å². The van der Waals surface area contributed by atoms with E-state index in [4.69, 9.17) is 5.84 Å². The molecule has 0 spiro atoms. The molecule has 60 valence electrons. The van der Waals surface area contributed by atoms with Crippen LogP contribution < -0.4 is 5.84 Å². The summed E-state index contributed by atoms with van der Waals surface area (Å²) in [6.45, 7) is 0.485. The molecule has 0 aromatic carbocycles. The van der Waals surface area contributed by atoms with E-state index in [0.29, 0.717) is 12.5 Å². The van der Waals surface area contributed by atoms with Gasteiger partial charge >= 0.3 is 0 Å². The molecule has 0 saturated heterocycles. The molecule has 0 aliphatic heterocycles. The van der Waals surface area contributed by atoms with Crippen molar-refractivity contribution in [1.29, 1.82) is 0 Å². The Morgan fingerprint density at radius 3 is 2.40 bits per heavy atom. The highest BCUT2D eigenvalue weighted by atomic mass is 32.2. The first kappa shape index (κ1) is 7.97. The molecule has 4 nitrogen and oxygen atoms in total. The van der Waals surface area contributed by atoms with E-state index < -0.39 is 10.0 Å². The molecule has 10 heavy (non-hydrogen) atoms. The Morgan fingerprint density at radius 2 is 2.10 bits per heavy atom.